The molecule has 1 fully saturated rings. The lowest BCUT2D eigenvalue weighted by molar-refractivity contribution is 0.0714. The predicted octanol–water partition coefficient (Wildman–Crippen LogP) is 3.31. The average Bonchev–Trinajstić information content (AvgIpc) is 3.19. The van der Waals surface area contributed by atoms with Gasteiger partial charge in [-0.15, -0.1) is 0 Å². The van der Waals surface area contributed by atoms with E-state index in [1.807, 2.05) is 0 Å². The zero-order chi connectivity index (χ0) is 15.4. The monoisotopic (exact) mass is 366 g/mol. The van der Waals surface area contributed by atoms with E-state index in [-0.39, 0.29) is 0 Å². The van der Waals surface area contributed by atoms with Crippen LogP contribution in [0, 0.1) is 0 Å². The van der Waals surface area contributed by atoms with Gasteiger partial charge in [0.25, 0.3) is 0 Å². The molecule has 118 valence electrons. The van der Waals surface area contributed by atoms with Gasteiger partial charge in [0, 0.05) is 23.9 Å². The highest BCUT2D eigenvalue weighted by Crippen LogP contribution is 2.54. The Balaban J connectivity index is 1.49. The van der Waals surface area contributed by atoms with Gasteiger partial charge in [0.1, 0.15) is 0 Å². The Kier molecular flexibility index (Phi) is 5.23. The molecule has 0 aliphatic heterocycles. The second kappa shape index (κ2) is 7.35. The zero-order valence-corrected chi connectivity index (χ0v) is 14.1. The van der Waals surface area contributed by atoms with Crippen molar-refractivity contribution in [2.24, 2.45) is 0 Å². The lowest BCUT2D eigenvalue weighted by atomic mass is 10.1. The SMILES string of the molecule is COCCOCCc1noc([C@@H]2C[C@H]2c2ccc(Br)cc2)n1. The van der Waals surface area contributed by atoms with Crippen molar-refractivity contribution in [3.63, 3.8) is 0 Å². The fraction of sp³-hybridized carbons (Fsp3) is 0.500. The fourth-order valence-corrected chi connectivity index (χ4v) is 2.74. The number of hydrogen-bond donors (Lipinski definition) is 0. The van der Waals surface area contributed by atoms with Gasteiger partial charge < -0.3 is 14.0 Å². The van der Waals surface area contributed by atoms with E-state index in [1.165, 1.54) is 5.56 Å². The van der Waals surface area contributed by atoms with Gasteiger partial charge in [-0.3, -0.25) is 0 Å². The van der Waals surface area contributed by atoms with Crippen molar-refractivity contribution in [1.29, 1.82) is 0 Å². The van der Waals surface area contributed by atoms with Gasteiger partial charge >= 0.3 is 0 Å². The lowest BCUT2D eigenvalue weighted by Gasteiger charge is -2.00. The van der Waals surface area contributed by atoms with E-state index >= 15 is 0 Å². The van der Waals surface area contributed by atoms with Crippen LogP contribution in [0.3, 0.4) is 0 Å². The summed E-state index contributed by atoms with van der Waals surface area (Å²) in [6, 6.07) is 8.44. The summed E-state index contributed by atoms with van der Waals surface area (Å²) in [5.74, 6) is 2.32. The van der Waals surface area contributed by atoms with Gasteiger partial charge in [0.05, 0.1) is 19.8 Å². The summed E-state index contributed by atoms with van der Waals surface area (Å²) >= 11 is 3.46. The van der Waals surface area contributed by atoms with Crippen molar-refractivity contribution in [3.8, 4) is 0 Å². The third kappa shape index (κ3) is 3.94. The summed E-state index contributed by atoms with van der Waals surface area (Å²) in [5.41, 5.74) is 1.33. The Bertz CT molecular complexity index is 600. The van der Waals surface area contributed by atoms with Crippen molar-refractivity contribution in [3.05, 3.63) is 46.0 Å². The summed E-state index contributed by atoms with van der Waals surface area (Å²) < 4.78 is 16.8. The first-order chi connectivity index (χ1) is 10.8. The maximum absolute atomic E-state index is 5.41. The number of benzene rings is 1. The van der Waals surface area contributed by atoms with Crippen molar-refractivity contribution in [2.75, 3.05) is 26.9 Å². The fourth-order valence-electron chi connectivity index (χ4n) is 2.47. The number of nitrogens with zero attached hydrogens (tertiary/aromatic N) is 2. The van der Waals surface area contributed by atoms with Crippen molar-refractivity contribution in [1.82, 2.24) is 10.1 Å². The van der Waals surface area contributed by atoms with Crippen LogP contribution in [0.4, 0.5) is 0 Å². The normalized spacial score (nSPS) is 20.3. The molecular formula is C16H19BrN2O3. The quantitative estimate of drug-likeness (QED) is 0.670. The molecule has 1 aliphatic carbocycles. The van der Waals surface area contributed by atoms with Crippen LogP contribution in [0.2, 0.25) is 0 Å². The summed E-state index contributed by atoms with van der Waals surface area (Å²) in [4.78, 5) is 4.49. The number of methoxy groups -OCH3 is 1. The molecule has 0 radical (unpaired) electrons. The van der Waals surface area contributed by atoms with Crippen molar-refractivity contribution < 1.29 is 14.0 Å². The zero-order valence-electron chi connectivity index (χ0n) is 12.5. The van der Waals surface area contributed by atoms with Gasteiger partial charge in [-0.25, -0.2) is 0 Å². The molecule has 1 aliphatic rings. The maximum Gasteiger partial charge on any atom is 0.230 e. The molecule has 3 rings (SSSR count). The van der Waals surface area contributed by atoms with Crippen LogP contribution in [0.25, 0.3) is 0 Å². The topological polar surface area (TPSA) is 57.4 Å². The van der Waals surface area contributed by atoms with Crippen LogP contribution in [-0.4, -0.2) is 37.1 Å². The van der Waals surface area contributed by atoms with E-state index in [4.69, 9.17) is 14.0 Å². The first kappa shape index (κ1) is 15.6. The molecule has 5 nitrogen and oxygen atoms in total. The van der Waals surface area contributed by atoms with Gasteiger partial charge in [-0.05, 0) is 30.0 Å². The highest BCUT2D eigenvalue weighted by atomic mass is 79.9. The Morgan fingerprint density at radius 3 is 2.77 bits per heavy atom. The van der Waals surface area contributed by atoms with Crippen molar-refractivity contribution in [2.45, 2.75) is 24.7 Å². The first-order valence-corrected chi connectivity index (χ1v) is 8.22. The minimum Gasteiger partial charge on any atom is -0.382 e. The molecule has 0 bridgehead atoms. The summed E-state index contributed by atoms with van der Waals surface area (Å²) in [6.45, 7) is 1.78. The maximum atomic E-state index is 5.41. The molecule has 1 heterocycles. The third-order valence-electron chi connectivity index (χ3n) is 3.79. The van der Waals surface area contributed by atoms with Gasteiger partial charge in [-0.2, -0.15) is 4.98 Å². The van der Waals surface area contributed by atoms with Crippen LogP contribution < -0.4 is 0 Å². The number of hydrogen-bond acceptors (Lipinski definition) is 5. The largest absolute Gasteiger partial charge is 0.382 e. The average molecular weight is 367 g/mol. The van der Waals surface area contributed by atoms with Gasteiger partial charge in [0.2, 0.25) is 5.89 Å². The molecule has 0 unspecified atom stereocenters. The highest BCUT2D eigenvalue weighted by Gasteiger charge is 2.43. The molecule has 0 N–H and O–H groups in total. The molecule has 6 heteroatoms. The number of halogens is 1. The molecule has 0 amide bonds. The van der Waals surface area contributed by atoms with Gasteiger partial charge in [-0.1, -0.05) is 33.2 Å². The third-order valence-corrected chi connectivity index (χ3v) is 4.32. The highest BCUT2D eigenvalue weighted by molar-refractivity contribution is 9.10. The number of ether oxygens (including phenoxy) is 2. The van der Waals surface area contributed by atoms with E-state index in [0.717, 1.165) is 16.8 Å². The van der Waals surface area contributed by atoms with E-state index in [2.05, 4.69) is 50.3 Å². The summed E-state index contributed by atoms with van der Waals surface area (Å²) in [7, 11) is 1.66. The van der Waals surface area contributed by atoms with E-state index < -0.39 is 0 Å². The molecule has 2 aromatic rings. The Labute approximate surface area is 138 Å². The molecule has 22 heavy (non-hydrogen) atoms. The standard InChI is InChI=1S/C16H19BrN2O3/c1-20-8-9-21-7-6-15-18-16(22-19-15)14-10-13(14)11-2-4-12(17)5-3-11/h2-5,13-14H,6-10H2,1H3/t13-,14+/m0/s1. The molecule has 1 aromatic carbocycles. The van der Waals surface area contributed by atoms with Gasteiger partial charge in [0.15, 0.2) is 5.82 Å². The molecule has 1 aromatic heterocycles. The molecule has 1 saturated carbocycles. The molecule has 2 atom stereocenters. The van der Waals surface area contributed by atoms with Crippen LogP contribution in [0.1, 0.15) is 35.5 Å². The lowest BCUT2D eigenvalue weighted by Crippen LogP contribution is -2.05. The second-order valence-electron chi connectivity index (χ2n) is 5.40. The van der Waals surface area contributed by atoms with E-state index in [1.54, 1.807) is 7.11 Å². The predicted molar refractivity (Wildman–Crippen MR) is 84.9 cm³/mol. The molecule has 0 spiro atoms. The smallest absolute Gasteiger partial charge is 0.230 e. The molecule has 0 saturated heterocycles. The first-order valence-electron chi connectivity index (χ1n) is 7.42. The minimum atomic E-state index is 0.358. The van der Waals surface area contributed by atoms with Crippen LogP contribution >= 0.6 is 15.9 Å². The summed E-state index contributed by atoms with van der Waals surface area (Å²) in [5, 5.41) is 4.03. The van der Waals surface area contributed by atoms with Crippen LogP contribution in [0.15, 0.2) is 33.3 Å². The van der Waals surface area contributed by atoms with E-state index in [0.29, 0.717) is 43.9 Å². The van der Waals surface area contributed by atoms with Crippen LogP contribution in [0.5, 0.6) is 0 Å². The Morgan fingerprint density at radius 1 is 1.18 bits per heavy atom. The van der Waals surface area contributed by atoms with E-state index in [9.17, 15) is 0 Å². The second-order valence-corrected chi connectivity index (χ2v) is 6.32. The Morgan fingerprint density at radius 2 is 2.00 bits per heavy atom. The number of rotatable bonds is 8. The van der Waals surface area contributed by atoms with Crippen molar-refractivity contribution >= 4 is 15.9 Å². The summed E-state index contributed by atoms with van der Waals surface area (Å²) in [6.07, 6.45) is 1.75. The number of aromatic nitrogens is 2. The molecular weight excluding hydrogens is 348 g/mol. The van der Waals surface area contributed by atoms with Crippen LogP contribution in [-0.2, 0) is 15.9 Å². The minimum absolute atomic E-state index is 0.358. The Hall–Kier alpha value is -1.24.